The highest BCUT2D eigenvalue weighted by atomic mass is 35.5. The second-order valence-electron chi connectivity index (χ2n) is 6.35. The van der Waals surface area contributed by atoms with E-state index in [2.05, 4.69) is 15.3 Å². The van der Waals surface area contributed by atoms with Gasteiger partial charge in [-0.25, -0.2) is 22.7 Å². The summed E-state index contributed by atoms with van der Waals surface area (Å²) in [5, 5.41) is 3.80. The Balaban J connectivity index is 1.72. The van der Waals surface area contributed by atoms with Crippen molar-refractivity contribution >= 4 is 27.4 Å². The summed E-state index contributed by atoms with van der Waals surface area (Å²) in [5.74, 6) is 1.73. The van der Waals surface area contributed by atoms with Crippen LogP contribution in [0.3, 0.4) is 0 Å². The minimum atomic E-state index is -3.08. The molecule has 1 fully saturated rings. The van der Waals surface area contributed by atoms with Gasteiger partial charge in [-0.15, -0.1) is 0 Å². The average Bonchev–Trinajstić information content (AvgIpc) is 2.60. The second kappa shape index (κ2) is 7.90. The number of aromatic nitrogens is 2. The number of hydrogen-bond donors (Lipinski definition) is 1. The van der Waals surface area contributed by atoms with Gasteiger partial charge in [0, 0.05) is 36.7 Å². The molecule has 3 rings (SSSR count). The molecule has 1 aliphatic rings. The molecule has 0 saturated carbocycles. The number of benzene rings is 1. The predicted molar refractivity (Wildman–Crippen MR) is 105 cm³/mol. The number of sulfonamides is 1. The van der Waals surface area contributed by atoms with Gasteiger partial charge in [0.15, 0.2) is 5.82 Å². The number of halogens is 1. The maximum atomic E-state index is 11.8. The summed E-state index contributed by atoms with van der Waals surface area (Å²) in [4.78, 5) is 9.07. The van der Waals surface area contributed by atoms with Gasteiger partial charge in [-0.3, -0.25) is 0 Å². The van der Waals surface area contributed by atoms with Gasteiger partial charge >= 0.3 is 0 Å². The van der Waals surface area contributed by atoms with Crippen LogP contribution in [0.1, 0.15) is 19.4 Å². The first-order chi connectivity index (χ1) is 12.4. The summed E-state index contributed by atoms with van der Waals surface area (Å²) >= 11 is 6.37. The number of hydrogen-bond acceptors (Lipinski definition) is 5. The van der Waals surface area contributed by atoms with E-state index in [0.29, 0.717) is 30.6 Å². The fraction of sp³-hybridized carbons (Fsp3) is 0.444. The normalized spacial score (nSPS) is 15.7. The zero-order valence-corrected chi connectivity index (χ0v) is 16.5. The SMILES string of the molecule is CCc1c(Cl)nc(-c2ccccc2)nc1NCC1CN(S(=O)(=O)CC)C1. The van der Waals surface area contributed by atoms with Gasteiger partial charge in [0.1, 0.15) is 11.0 Å². The third kappa shape index (κ3) is 4.00. The molecule has 0 aliphatic carbocycles. The fourth-order valence-corrected chi connectivity index (χ4v) is 4.48. The number of rotatable bonds is 7. The van der Waals surface area contributed by atoms with Crippen LogP contribution in [-0.2, 0) is 16.4 Å². The van der Waals surface area contributed by atoms with Crippen molar-refractivity contribution in [3.63, 3.8) is 0 Å². The van der Waals surface area contributed by atoms with Crippen molar-refractivity contribution in [1.82, 2.24) is 14.3 Å². The maximum absolute atomic E-state index is 11.8. The van der Waals surface area contributed by atoms with Crippen LogP contribution in [-0.4, -0.2) is 48.1 Å². The Kier molecular flexibility index (Phi) is 5.79. The van der Waals surface area contributed by atoms with Crippen LogP contribution >= 0.6 is 11.6 Å². The Hall–Kier alpha value is -1.70. The van der Waals surface area contributed by atoms with E-state index in [1.807, 2.05) is 37.3 Å². The van der Waals surface area contributed by atoms with Gasteiger partial charge in [0.25, 0.3) is 0 Å². The smallest absolute Gasteiger partial charge is 0.213 e. The molecule has 1 aliphatic heterocycles. The Morgan fingerprint density at radius 1 is 1.19 bits per heavy atom. The van der Waals surface area contributed by atoms with Crippen molar-refractivity contribution in [3.05, 3.63) is 41.0 Å². The third-order valence-electron chi connectivity index (χ3n) is 4.58. The van der Waals surface area contributed by atoms with E-state index >= 15 is 0 Å². The molecular weight excluding hydrogens is 372 g/mol. The van der Waals surface area contributed by atoms with Crippen LogP contribution in [0.25, 0.3) is 11.4 Å². The van der Waals surface area contributed by atoms with E-state index in [0.717, 1.165) is 23.4 Å². The van der Waals surface area contributed by atoms with Crippen LogP contribution in [0.2, 0.25) is 5.15 Å². The second-order valence-corrected chi connectivity index (χ2v) is 8.96. The van der Waals surface area contributed by atoms with E-state index < -0.39 is 10.0 Å². The molecule has 0 bridgehead atoms. The van der Waals surface area contributed by atoms with Crippen molar-refractivity contribution < 1.29 is 8.42 Å². The van der Waals surface area contributed by atoms with E-state index in [9.17, 15) is 8.42 Å². The van der Waals surface area contributed by atoms with Crippen LogP contribution in [0.15, 0.2) is 30.3 Å². The molecule has 2 aromatic rings. The minimum absolute atomic E-state index is 0.148. The molecule has 6 nitrogen and oxygen atoms in total. The Morgan fingerprint density at radius 3 is 2.50 bits per heavy atom. The molecule has 0 atom stereocenters. The van der Waals surface area contributed by atoms with Crippen LogP contribution in [0, 0.1) is 5.92 Å². The monoisotopic (exact) mass is 394 g/mol. The van der Waals surface area contributed by atoms with Crippen molar-refractivity contribution in [2.75, 3.05) is 30.7 Å². The first kappa shape index (κ1) is 19.1. The molecule has 1 N–H and O–H groups in total. The van der Waals surface area contributed by atoms with E-state index in [1.165, 1.54) is 4.31 Å². The maximum Gasteiger partial charge on any atom is 0.213 e. The topological polar surface area (TPSA) is 75.2 Å². The molecule has 1 aromatic heterocycles. The molecule has 2 heterocycles. The zero-order chi connectivity index (χ0) is 18.7. The fourth-order valence-electron chi connectivity index (χ4n) is 2.93. The first-order valence-electron chi connectivity index (χ1n) is 8.78. The number of nitrogens with one attached hydrogen (secondary N) is 1. The lowest BCUT2D eigenvalue weighted by Crippen LogP contribution is -2.52. The Labute approximate surface area is 159 Å². The summed E-state index contributed by atoms with van der Waals surface area (Å²) in [6.45, 7) is 5.44. The Bertz CT molecular complexity index is 868. The molecule has 1 aromatic carbocycles. The highest BCUT2D eigenvalue weighted by Crippen LogP contribution is 2.27. The van der Waals surface area contributed by atoms with Gasteiger partial charge in [-0.05, 0) is 13.3 Å². The molecule has 0 radical (unpaired) electrons. The summed E-state index contributed by atoms with van der Waals surface area (Å²) in [6, 6.07) is 9.70. The molecule has 0 spiro atoms. The largest absolute Gasteiger partial charge is 0.369 e. The summed E-state index contributed by atoms with van der Waals surface area (Å²) in [6.07, 6.45) is 0.719. The Morgan fingerprint density at radius 2 is 1.88 bits per heavy atom. The molecule has 26 heavy (non-hydrogen) atoms. The predicted octanol–water partition coefficient (Wildman–Crippen LogP) is 3.05. The van der Waals surface area contributed by atoms with Gasteiger partial charge < -0.3 is 5.32 Å². The number of anilines is 1. The van der Waals surface area contributed by atoms with E-state index in [4.69, 9.17) is 11.6 Å². The highest BCUT2D eigenvalue weighted by molar-refractivity contribution is 7.89. The lowest BCUT2D eigenvalue weighted by molar-refractivity contribution is 0.212. The van der Waals surface area contributed by atoms with E-state index in [-0.39, 0.29) is 11.7 Å². The van der Waals surface area contributed by atoms with Gasteiger partial charge in [0.05, 0.1) is 5.75 Å². The quantitative estimate of drug-likeness (QED) is 0.730. The standard InChI is InChI=1S/C18H23ClN4O2S/c1-3-15-16(19)21-17(14-8-6-5-7-9-14)22-18(15)20-10-13-11-23(12-13)26(24,25)4-2/h5-9,13H,3-4,10-12H2,1-2H3,(H,20,21,22). The molecule has 0 amide bonds. The van der Waals surface area contributed by atoms with Gasteiger partial charge in [-0.1, -0.05) is 48.9 Å². The van der Waals surface area contributed by atoms with Crippen LogP contribution in [0.5, 0.6) is 0 Å². The van der Waals surface area contributed by atoms with E-state index in [1.54, 1.807) is 6.92 Å². The van der Waals surface area contributed by atoms with Crippen molar-refractivity contribution in [2.45, 2.75) is 20.3 Å². The first-order valence-corrected chi connectivity index (χ1v) is 10.8. The highest BCUT2D eigenvalue weighted by Gasteiger charge is 2.34. The molecule has 1 saturated heterocycles. The molecule has 0 unspecified atom stereocenters. The lowest BCUT2D eigenvalue weighted by Gasteiger charge is -2.38. The van der Waals surface area contributed by atoms with Crippen molar-refractivity contribution in [1.29, 1.82) is 0 Å². The lowest BCUT2D eigenvalue weighted by atomic mass is 10.0. The molecule has 8 heteroatoms. The number of nitrogens with zero attached hydrogens (tertiary/aromatic N) is 3. The summed E-state index contributed by atoms with van der Waals surface area (Å²) in [5.41, 5.74) is 1.78. The average molecular weight is 395 g/mol. The van der Waals surface area contributed by atoms with Crippen LogP contribution < -0.4 is 5.32 Å². The van der Waals surface area contributed by atoms with Gasteiger partial charge in [0.2, 0.25) is 10.0 Å². The third-order valence-corrected chi connectivity index (χ3v) is 6.71. The van der Waals surface area contributed by atoms with Crippen LogP contribution in [0.4, 0.5) is 5.82 Å². The van der Waals surface area contributed by atoms with Gasteiger partial charge in [-0.2, -0.15) is 0 Å². The van der Waals surface area contributed by atoms with Crippen molar-refractivity contribution in [2.24, 2.45) is 5.92 Å². The summed E-state index contributed by atoms with van der Waals surface area (Å²) < 4.78 is 25.2. The summed E-state index contributed by atoms with van der Waals surface area (Å²) in [7, 11) is -3.08. The minimum Gasteiger partial charge on any atom is -0.369 e. The van der Waals surface area contributed by atoms with Crippen molar-refractivity contribution in [3.8, 4) is 11.4 Å². The zero-order valence-electron chi connectivity index (χ0n) is 14.9. The molecular formula is C18H23ClN4O2S. The molecule has 140 valence electrons.